The summed E-state index contributed by atoms with van der Waals surface area (Å²) in [5, 5.41) is 5.39. The summed E-state index contributed by atoms with van der Waals surface area (Å²) in [6.07, 6.45) is 1.84. The van der Waals surface area contributed by atoms with Gasteiger partial charge in [0.15, 0.2) is 5.82 Å². The predicted molar refractivity (Wildman–Crippen MR) is 99.4 cm³/mol. The number of thioether (sulfide) groups is 1. The molecule has 0 aliphatic carbocycles. The van der Waals surface area contributed by atoms with Crippen molar-refractivity contribution in [2.45, 2.75) is 17.5 Å². The fourth-order valence-electron chi connectivity index (χ4n) is 2.17. The van der Waals surface area contributed by atoms with E-state index in [-0.39, 0.29) is 0 Å². The molecule has 0 aliphatic heterocycles. The van der Waals surface area contributed by atoms with Crippen molar-refractivity contribution in [1.29, 1.82) is 0 Å². The predicted octanol–water partition coefficient (Wildman–Crippen LogP) is 5.19. The Morgan fingerprint density at radius 1 is 1.09 bits per heavy atom. The minimum atomic E-state index is 0.643. The van der Waals surface area contributed by atoms with Crippen molar-refractivity contribution in [3.05, 3.63) is 77.3 Å². The number of benzene rings is 2. The topological polar surface area (TPSA) is 30.7 Å². The first kappa shape index (κ1) is 16.0. The Balaban J connectivity index is 1.83. The van der Waals surface area contributed by atoms with Crippen LogP contribution in [-0.2, 0) is 12.3 Å². The molecule has 0 radical (unpaired) electrons. The number of allylic oxidation sites excluding steroid dienone is 1. The summed E-state index contributed by atoms with van der Waals surface area (Å²) < 4.78 is 2.94. The number of nitrogens with zero attached hydrogens (tertiary/aromatic N) is 3. The summed E-state index contributed by atoms with van der Waals surface area (Å²) in [5.41, 5.74) is 2.32. The van der Waals surface area contributed by atoms with Crippen LogP contribution < -0.4 is 0 Å². The Morgan fingerprint density at radius 3 is 2.52 bits per heavy atom. The van der Waals surface area contributed by atoms with E-state index in [0.29, 0.717) is 6.54 Å². The molecule has 0 aliphatic rings. The van der Waals surface area contributed by atoms with Crippen molar-refractivity contribution in [1.82, 2.24) is 14.8 Å². The molecule has 0 saturated heterocycles. The van der Waals surface area contributed by atoms with Crippen LogP contribution in [0.25, 0.3) is 11.4 Å². The zero-order valence-electron chi connectivity index (χ0n) is 12.5. The Bertz CT molecular complexity index is 782. The molecule has 5 heteroatoms. The van der Waals surface area contributed by atoms with Crippen LogP contribution in [-0.4, -0.2) is 14.8 Å². The molecule has 0 saturated carbocycles. The van der Waals surface area contributed by atoms with Crippen LogP contribution in [0, 0.1) is 0 Å². The lowest BCUT2D eigenvalue weighted by Gasteiger charge is -2.02. The number of hydrogen-bond donors (Lipinski definition) is 0. The maximum Gasteiger partial charge on any atom is 0.209 e. The fraction of sp³-hybridized carbons (Fsp3) is 0.111. The van der Waals surface area contributed by atoms with E-state index in [1.54, 1.807) is 11.8 Å². The van der Waals surface area contributed by atoms with E-state index in [2.05, 4.69) is 39.7 Å². The van der Waals surface area contributed by atoms with Crippen LogP contribution in [0.2, 0.25) is 0 Å². The molecule has 0 fully saturated rings. The lowest BCUT2D eigenvalue weighted by Crippen LogP contribution is -2.00. The molecule has 0 amide bonds. The number of halogens is 1. The molecule has 0 N–H and O–H groups in total. The second kappa shape index (κ2) is 7.62. The average molecular weight is 386 g/mol. The van der Waals surface area contributed by atoms with Crippen molar-refractivity contribution in [2.24, 2.45) is 0 Å². The van der Waals surface area contributed by atoms with Gasteiger partial charge in [-0.05, 0) is 17.7 Å². The monoisotopic (exact) mass is 385 g/mol. The quantitative estimate of drug-likeness (QED) is 0.432. The van der Waals surface area contributed by atoms with Gasteiger partial charge in [-0.15, -0.1) is 11.7 Å². The molecule has 3 aromatic rings. The first-order valence-electron chi connectivity index (χ1n) is 7.24. The zero-order chi connectivity index (χ0) is 16.1. The van der Waals surface area contributed by atoms with Gasteiger partial charge in [-0.25, -0.2) is 9.67 Å². The number of hydrogen-bond acceptors (Lipinski definition) is 3. The third kappa shape index (κ3) is 4.12. The molecule has 0 atom stereocenters. The van der Waals surface area contributed by atoms with E-state index < -0.39 is 0 Å². The number of rotatable bonds is 6. The molecule has 3 rings (SSSR count). The Kier molecular flexibility index (Phi) is 5.31. The second-order valence-electron chi connectivity index (χ2n) is 4.97. The van der Waals surface area contributed by atoms with Crippen molar-refractivity contribution in [3.63, 3.8) is 0 Å². The third-order valence-corrected chi connectivity index (χ3v) is 4.70. The zero-order valence-corrected chi connectivity index (χ0v) is 14.9. The summed E-state index contributed by atoms with van der Waals surface area (Å²) in [7, 11) is 0. The molecule has 116 valence electrons. The van der Waals surface area contributed by atoms with Gasteiger partial charge in [-0.2, -0.15) is 0 Å². The van der Waals surface area contributed by atoms with Crippen molar-refractivity contribution in [2.75, 3.05) is 0 Å². The van der Waals surface area contributed by atoms with Crippen LogP contribution in [0.3, 0.4) is 0 Å². The molecule has 0 spiro atoms. The van der Waals surface area contributed by atoms with Crippen LogP contribution >= 0.6 is 27.7 Å². The smallest absolute Gasteiger partial charge is 0.209 e. The summed E-state index contributed by atoms with van der Waals surface area (Å²) in [5.74, 6) is 1.73. The Morgan fingerprint density at radius 2 is 1.83 bits per heavy atom. The van der Waals surface area contributed by atoms with E-state index in [0.717, 1.165) is 26.8 Å². The van der Waals surface area contributed by atoms with Crippen LogP contribution in [0.15, 0.2) is 76.9 Å². The van der Waals surface area contributed by atoms with E-state index in [1.807, 2.05) is 53.2 Å². The van der Waals surface area contributed by atoms with Gasteiger partial charge in [0.1, 0.15) is 0 Å². The third-order valence-electron chi connectivity index (χ3n) is 3.27. The second-order valence-corrected chi connectivity index (χ2v) is 6.83. The highest BCUT2D eigenvalue weighted by atomic mass is 79.9. The molecule has 0 unspecified atom stereocenters. The molecular weight excluding hydrogens is 370 g/mol. The van der Waals surface area contributed by atoms with Gasteiger partial charge in [-0.3, -0.25) is 0 Å². The molecule has 3 nitrogen and oxygen atoms in total. The molecule has 0 bridgehead atoms. The Labute approximate surface area is 148 Å². The normalized spacial score (nSPS) is 10.7. The van der Waals surface area contributed by atoms with E-state index in [4.69, 9.17) is 4.98 Å². The minimum Gasteiger partial charge on any atom is -0.241 e. The van der Waals surface area contributed by atoms with Gasteiger partial charge in [0.05, 0.1) is 6.54 Å². The molecule has 23 heavy (non-hydrogen) atoms. The molecule has 1 aromatic heterocycles. The van der Waals surface area contributed by atoms with Gasteiger partial charge in [0.25, 0.3) is 0 Å². The van der Waals surface area contributed by atoms with Gasteiger partial charge < -0.3 is 0 Å². The summed E-state index contributed by atoms with van der Waals surface area (Å²) in [6.45, 7) is 4.45. The summed E-state index contributed by atoms with van der Waals surface area (Å²) in [4.78, 5) is 4.70. The first-order valence-corrected chi connectivity index (χ1v) is 9.02. The highest BCUT2D eigenvalue weighted by Gasteiger charge is 2.11. The largest absolute Gasteiger partial charge is 0.241 e. The van der Waals surface area contributed by atoms with Crippen molar-refractivity contribution >= 4 is 27.7 Å². The van der Waals surface area contributed by atoms with Gasteiger partial charge in [0.2, 0.25) is 5.16 Å². The van der Waals surface area contributed by atoms with Crippen molar-refractivity contribution in [3.8, 4) is 11.4 Å². The maximum atomic E-state index is 4.70. The maximum absolute atomic E-state index is 4.70. The van der Waals surface area contributed by atoms with Crippen LogP contribution in [0.1, 0.15) is 5.56 Å². The van der Waals surface area contributed by atoms with E-state index >= 15 is 0 Å². The lowest BCUT2D eigenvalue weighted by molar-refractivity contribution is 0.687. The molecule has 1 heterocycles. The van der Waals surface area contributed by atoms with Crippen molar-refractivity contribution < 1.29 is 0 Å². The minimum absolute atomic E-state index is 0.643. The van der Waals surface area contributed by atoms with Crippen LogP contribution in [0.5, 0.6) is 0 Å². The fourth-order valence-corrected chi connectivity index (χ4v) is 3.23. The molecular formula is C18H16BrN3S. The number of aromatic nitrogens is 3. The average Bonchev–Trinajstić information content (AvgIpc) is 2.98. The highest BCUT2D eigenvalue weighted by Crippen LogP contribution is 2.25. The lowest BCUT2D eigenvalue weighted by atomic mass is 10.2. The van der Waals surface area contributed by atoms with Gasteiger partial charge in [0, 0.05) is 15.8 Å². The Hall–Kier alpha value is -1.85. The first-order chi connectivity index (χ1) is 11.3. The van der Waals surface area contributed by atoms with Gasteiger partial charge >= 0.3 is 0 Å². The van der Waals surface area contributed by atoms with E-state index in [1.165, 1.54) is 5.56 Å². The van der Waals surface area contributed by atoms with Gasteiger partial charge in [-0.1, -0.05) is 76.2 Å². The summed E-state index contributed by atoms with van der Waals surface area (Å²) in [6, 6.07) is 18.5. The summed E-state index contributed by atoms with van der Waals surface area (Å²) >= 11 is 5.11. The highest BCUT2D eigenvalue weighted by molar-refractivity contribution is 9.10. The molecule has 2 aromatic carbocycles. The standard InChI is InChI=1S/C18H16BrN3S/c1-2-12-22-17(15-8-10-16(19)11-9-15)20-18(21-22)23-13-14-6-4-3-5-7-14/h2-11H,1,12-13H2. The van der Waals surface area contributed by atoms with E-state index in [9.17, 15) is 0 Å². The van der Waals surface area contributed by atoms with Crippen LogP contribution in [0.4, 0.5) is 0 Å². The SMILES string of the molecule is C=CCn1nc(SCc2ccccc2)nc1-c1ccc(Br)cc1.